The van der Waals surface area contributed by atoms with Gasteiger partial charge < -0.3 is 4.74 Å². The number of amides is 2. The number of aryl methyl sites for hydroxylation is 3. The Morgan fingerprint density at radius 2 is 1.56 bits per heavy atom. The summed E-state index contributed by atoms with van der Waals surface area (Å²) < 4.78 is 42.8. The minimum Gasteiger partial charge on any atom is -0.406 e. The Morgan fingerprint density at radius 3 is 2.21 bits per heavy atom. The van der Waals surface area contributed by atoms with E-state index in [0.717, 1.165) is 33.8 Å². The van der Waals surface area contributed by atoms with Gasteiger partial charge in [-0.3, -0.25) is 9.59 Å². The van der Waals surface area contributed by atoms with E-state index in [-0.39, 0.29) is 16.8 Å². The van der Waals surface area contributed by atoms with Crippen LogP contribution < -0.4 is 9.64 Å². The molecule has 0 saturated carbocycles. The minimum atomic E-state index is -4.85. The Hall–Kier alpha value is -4.21. The van der Waals surface area contributed by atoms with Crippen molar-refractivity contribution in [3.05, 3.63) is 76.6 Å². The Labute approximate surface area is 191 Å². The summed E-state index contributed by atoms with van der Waals surface area (Å²) >= 11 is 0. The SMILES string of the molecule is Cc1ccc(-n2nc(C)c3c4c(cnc32)C(=O)N(c2ccc(OC(F)(F)F)cc2)C4=O)cc1C. The Morgan fingerprint density at radius 1 is 0.882 bits per heavy atom. The molecular weight excluding hydrogens is 449 g/mol. The van der Waals surface area contributed by atoms with Gasteiger partial charge >= 0.3 is 6.36 Å². The second-order valence-corrected chi connectivity index (χ2v) is 8.00. The van der Waals surface area contributed by atoms with Crippen molar-refractivity contribution in [3.8, 4) is 11.4 Å². The summed E-state index contributed by atoms with van der Waals surface area (Å²) in [5.74, 6) is -1.67. The zero-order chi connectivity index (χ0) is 24.4. The molecule has 5 rings (SSSR count). The van der Waals surface area contributed by atoms with Crippen LogP contribution in [0.25, 0.3) is 16.7 Å². The van der Waals surface area contributed by atoms with Gasteiger partial charge in [-0.25, -0.2) is 14.6 Å². The van der Waals surface area contributed by atoms with Crippen molar-refractivity contribution in [3.63, 3.8) is 0 Å². The highest BCUT2D eigenvalue weighted by molar-refractivity contribution is 6.37. The molecule has 0 radical (unpaired) electrons. The van der Waals surface area contributed by atoms with E-state index in [2.05, 4.69) is 14.8 Å². The lowest BCUT2D eigenvalue weighted by atomic mass is 10.1. The van der Waals surface area contributed by atoms with Crippen molar-refractivity contribution >= 4 is 28.5 Å². The summed E-state index contributed by atoms with van der Waals surface area (Å²) in [4.78, 5) is 31.8. The van der Waals surface area contributed by atoms with Crippen molar-refractivity contribution < 1.29 is 27.5 Å². The molecule has 2 aromatic carbocycles. The van der Waals surface area contributed by atoms with Gasteiger partial charge in [0.05, 0.1) is 33.6 Å². The predicted octanol–water partition coefficient (Wildman–Crippen LogP) is 5.04. The summed E-state index contributed by atoms with van der Waals surface area (Å²) in [6, 6.07) is 10.3. The fourth-order valence-electron chi connectivity index (χ4n) is 4.03. The van der Waals surface area contributed by atoms with Crippen LogP contribution in [-0.4, -0.2) is 32.9 Å². The van der Waals surface area contributed by atoms with Gasteiger partial charge in [0.1, 0.15) is 5.75 Å². The molecule has 0 bridgehead atoms. The number of pyridine rings is 1. The van der Waals surface area contributed by atoms with E-state index in [4.69, 9.17) is 0 Å². The van der Waals surface area contributed by atoms with Gasteiger partial charge in [0.15, 0.2) is 5.65 Å². The fourth-order valence-corrected chi connectivity index (χ4v) is 4.03. The molecule has 2 amide bonds. The molecule has 34 heavy (non-hydrogen) atoms. The van der Waals surface area contributed by atoms with Gasteiger partial charge in [-0.2, -0.15) is 5.10 Å². The fraction of sp³-hybridized carbons (Fsp3) is 0.167. The Bertz CT molecular complexity index is 1490. The largest absolute Gasteiger partial charge is 0.573 e. The van der Waals surface area contributed by atoms with Gasteiger partial charge in [0, 0.05) is 6.20 Å². The third-order valence-corrected chi connectivity index (χ3v) is 5.79. The smallest absolute Gasteiger partial charge is 0.406 e. The van der Waals surface area contributed by atoms with Crippen LogP contribution in [-0.2, 0) is 0 Å². The minimum absolute atomic E-state index is 0.107. The first-order valence-electron chi connectivity index (χ1n) is 10.3. The maximum absolute atomic E-state index is 13.4. The number of imide groups is 1. The molecular formula is C24H17F3N4O3. The highest BCUT2D eigenvalue weighted by Crippen LogP contribution is 2.35. The molecule has 0 fully saturated rings. The van der Waals surface area contributed by atoms with Crippen LogP contribution >= 0.6 is 0 Å². The number of nitrogens with zero attached hydrogens (tertiary/aromatic N) is 4. The lowest BCUT2D eigenvalue weighted by molar-refractivity contribution is -0.274. The summed E-state index contributed by atoms with van der Waals surface area (Å²) in [6.45, 7) is 5.70. The van der Waals surface area contributed by atoms with Crippen LogP contribution in [0.2, 0.25) is 0 Å². The average molecular weight is 466 g/mol. The summed E-state index contributed by atoms with van der Waals surface area (Å²) in [6.07, 6.45) is -3.51. The molecule has 0 atom stereocenters. The number of alkyl halides is 3. The zero-order valence-electron chi connectivity index (χ0n) is 18.3. The van der Waals surface area contributed by atoms with Gasteiger partial charge in [0.25, 0.3) is 11.8 Å². The molecule has 0 unspecified atom stereocenters. The molecule has 172 valence electrons. The van der Waals surface area contributed by atoms with Gasteiger partial charge in [-0.05, 0) is 68.3 Å². The van der Waals surface area contributed by atoms with E-state index < -0.39 is 23.9 Å². The molecule has 7 nitrogen and oxygen atoms in total. The predicted molar refractivity (Wildman–Crippen MR) is 117 cm³/mol. The number of fused-ring (bicyclic) bond motifs is 3. The molecule has 3 heterocycles. The van der Waals surface area contributed by atoms with E-state index in [1.807, 2.05) is 32.0 Å². The van der Waals surface area contributed by atoms with Crippen molar-refractivity contribution in [2.45, 2.75) is 27.1 Å². The topological polar surface area (TPSA) is 77.3 Å². The lowest BCUT2D eigenvalue weighted by Crippen LogP contribution is -2.29. The number of halogens is 3. The van der Waals surface area contributed by atoms with E-state index in [1.54, 1.807) is 11.6 Å². The highest BCUT2D eigenvalue weighted by Gasteiger charge is 2.40. The van der Waals surface area contributed by atoms with Gasteiger partial charge in [-0.1, -0.05) is 6.07 Å². The third-order valence-electron chi connectivity index (χ3n) is 5.79. The number of hydrogen-bond acceptors (Lipinski definition) is 5. The van der Waals surface area contributed by atoms with Gasteiger partial charge in [0.2, 0.25) is 0 Å². The van der Waals surface area contributed by atoms with E-state index in [9.17, 15) is 22.8 Å². The average Bonchev–Trinajstić information content (AvgIpc) is 3.24. The molecule has 0 saturated heterocycles. The maximum atomic E-state index is 13.4. The lowest BCUT2D eigenvalue weighted by Gasteiger charge is -2.15. The van der Waals surface area contributed by atoms with Crippen LogP contribution in [0.5, 0.6) is 5.75 Å². The number of aromatic nitrogens is 3. The molecule has 0 aliphatic carbocycles. The highest BCUT2D eigenvalue weighted by atomic mass is 19.4. The number of anilines is 1. The number of ether oxygens (including phenoxy) is 1. The van der Waals surface area contributed by atoms with Crippen molar-refractivity contribution in [1.82, 2.24) is 14.8 Å². The molecule has 2 aromatic heterocycles. The maximum Gasteiger partial charge on any atom is 0.573 e. The number of carbonyl (C=O) groups is 2. The van der Waals surface area contributed by atoms with Gasteiger partial charge in [-0.15, -0.1) is 13.2 Å². The zero-order valence-corrected chi connectivity index (χ0v) is 18.3. The quantitative estimate of drug-likeness (QED) is 0.395. The summed E-state index contributed by atoms with van der Waals surface area (Å²) in [5, 5.41) is 5.01. The Balaban J connectivity index is 1.58. The summed E-state index contributed by atoms with van der Waals surface area (Å²) in [5.41, 5.74) is 4.29. The number of hydrogen-bond donors (Lipinski definition) is 0. The van der Waals surface area contributed by atoms with Crippen molar-refractivity contribution in [2.24, 2.45) is 0 Å². The molecule has 1 aliphatic rings. The summed E-state index contributed by atoms with van der Waals surface area (Å²) in [7, 11) is 0. The monoisotopic (exact) mass is 466 g/mol. The van der Waals surface area contributed by atoms with E-state index in [1.165, 1.54) is 18.3 Å². The van der Waals surface area contributed by atoms with Crippen LogP contribution in [0.3, 0.4) is 0 Å². The van der Waals surface area contributed by atoms with Crippen molar-refractivity contribution in [2.75, 3.05) is 4.90 Å². The number of benzene rings is 2. The molecule has 4 aromatic rings. The standard InChI is InChI=1S/C24H17F3N4O3/c1-12-4-5-16(10-13(12)2)31-21-19(14(3)29-31)20-18(11-28-21)22(32)30(23(20)33)15-6-8-17(9-7-15)34-24(25,26)27/h4-11H,1-3H3. The number of carbonyl (C=O) groups excluding carboxylic acids is 2. The molecule has 0 N–H and O–H groups in total. The first-order chi connectivity index (χ1) is 16.0. The third kappa shape index (κ3) is 3.38. The van der Waals surface area contributed by atoms with Crippen LogP contribution in [0.4, 0.5) is 18.9 Å². The van der Waals surface area contributed by atoms with Crippen LogP contribution in [0, 0.1) is 20.8 Å². The second kappa shape index (κ2) is 7.41. The Kier molecular flexibility index (Phi) is 4.71. The number of rotatable bonds is 3. The molecule has 0 spiro atoms. The molecule has 1 aliphatic heterocycles. The second-order valence-electron chi connectivity index (χ2n) is 8.00. The normalized spacial score (nSPS) is 13.6. The first-order valence-corrected chi connectivity index (χ1v) is 10.3. The van der Waals surface area contributed by atoms with E-state index >= 15 is 0 Å². The molecule has 10 heteroatoms. The van der Waals surface area contributed by atoms with Crippen molar-refractivity contribution in [1.29, 1.82) is 0 Å². The van der Waals surface area contributed by atoms with E-state index in [0.29, 0.717) is 16.7 Å². The van der Waals surface area contributed by atoms with Crippen LogP contribution in [0.15, 0.2) is 48.7 Å². The van der Waals surface area contributed by atoms with Crippen LogP contribution in [0.1, 0.15) is 37.5 Å². The first kappa shape index (κ1) is 21.6.